The molecule has 0 aliphatic carbocycles. The molecule has 14 heteroatoms. The number of nitrogens with zero attached hydrogens (tertiary/aromatic N) is 3. The van der Waals surface area contributed by atoms with Crippen molar-refractivity contribution < 1.29 is 37.9 Å². The number of allylic oxidation sites excluding steroid dienone is 1. The number of carbonyl (C=O) groups is 5. The maximum absolute atomic E-state index is 11.2. The minimum Gasteiger partial charge on any atom is -0.491 e. The van der Waals surface area contributed by atoms with E-state index in [4.69, 9.17) is 13.9 Å². The first-order valence-corrected chi connectivity index (χ1v) is 23.1. The normalized spacial score (nSPS) is 13.2. The number of esters is 1. The number of carbonyl (C=O) groups excluding carboxylic acids is 5. The molecule has 3 saturated heterocycles. The summed E-state index contributed by atoms with van der Waals surface area (Å²) in [5.41, 5.74) is 3.35. The van der Waals surface area contributed by atoms with Gasteiger partial charge in [0.25, 0.3) is 0 Å². The highest BCUT2D eigenvalue weighted by Gasteiger charge is 2.20. The lowest BCUT2D eigenvalue weighted by molar-refractivity contribution is -0.141. The molecule has 3 fully saturated rings. The van der Waals surface area contributed by atoms with Crippen LogP contribution in [0.4, 0.5) is 0 Å². The molecule has 0 spiro atoms. The molecule has 3 aromatic carbocycles. The van der Waals surface area contributed by atoms with E-state index in [2.05, 4.69) is 86.7 Å². The quantitative estimate of drug-likeness (QED) is 0.0981. The van der Waals surface area contributed by atoms with Gasteiger partial charge in [-0.05, 0) is 103 Å². The number of rotatable bonds is 9. The predicted molar refractivity (Wildman–Crippen MR) is 273 cm³/mol. The molecule has 7 rings (SSSR count). The minimum absolute atomic E-state index is 0.0972. The van der Waals surface area contributed by atoms with Crippen LogP contribution < -0.4 is 15.0 Å². The fraction of sp³-hybridized carbons (Fsp3) is 0.396. The van der Waals surface area contributed by atoms with Gasteiger partial charge in [0, 0.05) is 68.9 Å². The Morgan fingerprint density at radius 3 is 1.69 bits per heavy atom. The molecule has 0 unspecified atom stereocenters. The summed E-state index contributed by atoms with van der Waals surface area (Å²) in [6, 6.07) is 22.1. The van der Waals surface area contributed by atoms with Crippen molar-refractivity contribution in [1.29, 1.82) is 0 Å². The zero-order valence-electron chi connectivity index (χ0n) is 41.0. The van der Waals surface area contributed by atoms with Crippen LogP contribution in [0.15, 0.2) is 137 Å². The minimum atomic E-state index is -0.392. The molecule has 4 aromatic rings. The topological polar surface area (TPSA) is 156 Å². The third-order valence-corrected chi connectivity index (χ3v) is 9.96. The molecule has 0 atom stereocenters. The maximum Gasteiger partial charge on any atom is 0.396 e. The highest BCUT2D eigenvalue weighted by molar-refractivity contribution is 7.16. The molecule has 4 amide bonds. The van der Waals surface area contributed by atoms with E-state index in [1.807, 2.05) is 44.7 Å². The van der Waals surface area contributed by atoms with Crippen LogP contribution in [0, 0.1) is 0 Å². The number of benzene rings is 3. The van der Waals surface area contributed by atoms with Crippen molar-refractivity contribution >= 4 is 62.0 Å². The number of likely N-dealkylation sites (tertiary alicyclic amines) is 3. The first-order chi connectivity index (χ1) is 31.7. The van der Waals surface area contributed by atoms with E-state index < -0.39 is 5.97 Å². The Bertz CT molecular complexity index is 2270. The lowest BCUT2D eigenvalue weighted by Gasteiger charge is -2.14. The molecule has 67 heavy (non-hydrogen) atoms. The number of likely N-dealkylation sites (N-methyl/N-ethyl adjacent to an activating group) is 1. The van der Waals surface area contributed by atoms with Crippen molar-refractivity contribution in [3.63, 3.8) is 0 Å². The molecule has 0 radical (unpaired) electrons. The van der Waals surface area contributed by atoms with Crippen molar-refractivity contribution in [3.05, 3.63) is 138 Å². The van der Waals surface area contributed by atoms with Crippen molar-refractivity contribution in [2.24, 2.45) is 0 Å². The van der Waals surface area contributed by atoms with Gasteiger partial charge < -0.3 is 33.9 Å². The molecule has 0 saturated carbocycles. The third kappa shape index (κ3) is 24.5. The summed E-state index contributed by atoms with van der Waals surface area (Å²) in [5.74, 6) is 0.722. The second-order valence-corrected chi connectivity index (χ2v) is 17.2. The van der Waals surface area contributed by atoms with Crippen LogP contribution in [0.1, 0.15) is 87.0 Å². The number of ether oxygens (including phenoxy) is 2. The molecule has 1 aromatic heterocycles. The van der Waals surface area contributed by atoms with Gasteiger partial charge in [-0.25, -0.2) is 9.59 Å². The van der Waals surface area contributed by atoms with Gasteiger partial charge in [0.15, 0.2) is 5.58 Å². The molecule has 4 heterocycles. The van der Waals surface area contributed by atoms with E-state index in [0.717, 1.165) is 73.6 Å². The van der Waals surface area contributed by atoms with E-state index in [1.165, 1.54) is 16.3 Å². The number of hydrogen-bond acceptors (Lipinski definition) is 10. The van der Waals surface area contributed by atoms with Crippen LogP contribution in [0.5, 0.6) is 5.75 Å². The summed E-state index contributed by atoms with van der Waals surface area (Å²) in [5, 5.41) is 5.05. The zero-order chi connectivity index (χ0) is 50.5. The molecule has 3 aliphatic rings. The van der Waals surface area contributed by atoms with Gasteiger partial charge in [-0.1, -0.05) is 91.8 Å². The summed E-state index contributed by atoms with van der Waals surface area (Å²) >= 11 is 1.10. The molecule has 0 bridgehead atoms. The fourth-order valence-corrected chi connectivity index (χ4v) is 6.56. The fourth-order valence-electron chi connectivity index (χ4n) is 5.91. The number of amides is 4. The summed E-state index contributed by atoms with van der Waals surface area (Å²) < 4.78 is 16.2. The van der Waals surface area contributed by atoms with Gasteiger partial charge in [0.2, 0.25) is 23.6 Å². The predicted octanol–water partition coefficient (Wildman–Crippen LogP) is 10.0. The Morgan fingerprint density at radius 1 is 0.761 bits per heavy atom. The summed E-state index contributed by atoms with van der Waals surface area (Å²) in [6.45, 7) is 34.7. The summed E-state index contributed by atoms with van der Waals surface area (Å²) in [7, 11) is 1.58. The van der Waals surface area contributed by atoms with Gasteiger partial charge in [-0.3, -0.25) is 19.2 Å². The molecule has 3 aliphatic heterocycles. The Hall–Kier alpha value is -6.54. The van der Waals surface area contributed by atoms with Crippen LogP contribution in [-0.4, -0.2) is 96.8 Å². The largest absolute Gasteiger partial charge is 0.491 e. The first-order valence-electron chi connectivity index (χ1n) is 22.3. The number of fused-ring (bicyclic) bond motifs is 2. The standard InChI is InChI=1S/C10H15NO3.C10H10O3S.C10H8.C8H13NO.C6H9NO.C5H9NO.C4H8/c1-8(2)10(13)14-7-6-11-5-3-4-9(11)12;1-6(2)12-7-3-4-9-8(5-7)13-10(11)14-9;1-2-6-10-8-4-3-7-9(10)5-1;1-7(2)8(10)9-5-3-4-6-9;1-2-7-5-3-4-6(7)8;1-4(2)5(7)6-3;1-4(2)3/h1,3-7H2,2H3;3-6H,1-2H3;1-8H;1,3-6H2,2H3;2H,1,3-5H2;1H2,2-3H3,(H,6,7);1H2,2-3H3. The van der Waals surface area contributed by atoms with Crippen LogP contribution >= 0.6 is 11.3 Å². The van der Waals surface area contributed by atoms with Gasteiger partial charge in [0.05, 0.1) is 17.3 Å². The monoisotopic (exact) mass is 941 g/mol. The van der Waals surface area contributed by atoms with Crippen LogP contribution in [0.3, 0.4) is 0 Å². The van der Waals surface area contributed by atoms with E-state index >= 15 is 0 Å². The Kier molecular flexibility index (Phi) is 28.1. The highest BCUT2D eigenvalue weighted by atomic mass is 32.1. The van der Waals surface area contributed by atoms with E-state index in [-0.39, 0.29) is 41.3 Å². The van der Waals surface area contributed by atoms with E-state index in [0.29, 0.717) is 41.7 Å². The van der Waals surface area contributed by atoms with E-state index in [9.17, 15) is 28.8 Å². The number of nitrogens with one attached hydrogen (secondary N) is 1. The average molecular weight is 941 g/mol. The van der Waals surface area contributed by atoms with Crippen LogP contribution in [0.2, 0.25) is 0 Å². The molecule has 1 N–H and O–H groups in total. The maximum atomic E-state index is 11.2. The second kappa shape index (κ2) is 32.2. The molecular weight excluding hydrogens is 869 g/mol. The summed E-state index contributed by atoms with van der Waals surface area (Å²) in [6.07, 6.45) is 7.24. The van der Waals surface area contributed by atoms with Crippen molar-refractivity contribution in [2.75, 3.05) is 46.4 Å². The smallest absolute Gasteiger partial charge is 0.396 e. The molecule has 13 nitrogen and oxygen atoms in total. The Morgan fingerprint density at radius 2 is 1.30 bits per heavy atom. The lowest BCUT2D eigenvalue weighted by Crippen LogP contribution is -2.29. The zero-order valence-corrected chi connectivity index (χ0v) is 41.8. The van der Waals surface area contributed by atoms with Crippen molar-refractivity contribution in [3.8, 4) is 5.75 Å². The van der Waals surface area contributed by atoms with Gasteiger partial charge >= 0.3 is 10.9 Å². The molecule has 364 valence electrons. The van der Waals surface area contributed by atoms with Gasteiger partial charge in [0.1, 0.15) is 12.4 Å². The third-order valence-electron chi connectivity index (χ3n) is 9.15. The van der Waals surface area contributed by atoms with Gasteiger partial charge in [-0.2, -0.15) is 0 Å². The second-order valence-electron chi connectivity index (χ2n) is 16.2. The highest BCUT2D eigenvalue weighted by Crippen LogP contribution is 2.23. The Labute approximate surface area is 401 Å². The average Bonchev–Trinajstić information content (AvgIpc) is 4.13. The van der Waals surface area contributed by atoms with Gasteiger partial charge in [-0.15, -0.1) is 6.58 Å². The SMILES string of the molecule is C=C(C)C.C=C(C)C(=O)N1CCCC1.C=C(C)C(=O)NC.C=C(C)C(=O)OCCN1CCCC1=O.C=CN1CCCC1=O.CC(C)Oc1ccc2sc(=O)oc2c1.c1ccc2ccccc2c1. The summed E-state index contributed by atoms with van der Waals surface area (Å²) in [4.78, 5) is 70.1. The van der Waals surface area contributed by atoms with Crippen molar-refractivity contribution in [1.82, 2.24) is 20.0 Å². The van der Waals surface area contributed by atoms with E-state index in [1.54, 1.807) is 49.9 Å². The van der Waals surface area contributed by atoms with Crippen molar-refractivity contribution in [2.45, 2.75) is 93.1 Å². The van der Waals surface area contributed by atoms with Crippen LogP contribution in [-0.2, 0) is 28.7 Å². The number of hydrogen-bond donors (Lipinski definition) is 1. The Balaban J connectivity index is 0.000000402. The lowest BCUT2D eigenvalue weighted by atomic mass is 10.1. The molecular formula is C53H72N4O9S. The van der Waals surface area contributed by atoms with Crippen LogP contribution in [0.25, 0.3) is 21.1 Å². The first kappa shape index (κ1) is 58.5.